The second-order valence-corrected chi connectivity index (χ2v) is 12.1. The molecule has 0 amide bonds. The average Bonchev–Trinajstić information content (AvgIpc) is 3.51. The van der Waals surface area contributed by atoms with E-state index in [0.29, 0.717) is 0 Å². The number of hydrogen-bond acceptors (Lipinski definition) is 4. The van der Waals surface area contributed by atoms with Crippen LogP contribution in [0.5, 0.6) is 5.75 Å². The van der Waals surface area contributed by atoms with Crippen molar-refractivity contribution >= 4 is 34.6 Å². The van der Waals surface area contributed by atoms with Crippen LogP contribution in [0.25, 0.3) is 27.7 Å². The molecule has 4 heteroatoms. The molecule has 2 unspecified atom stereocenters. The Morgan fingerprint density at radius 2 is 1.91 bits per heavy atom. The first-order valence-electron chi connectivity index (χ1n) is 15.6. The van der Waals surface area contributed by atoms with Crippen molar-refractivity contribution in [2.75, 3.05) is 11.4 Å². The fraction of sp³-hybridized carbons (Fsp3) is 0.171. The van der Waals surface area contributed by atoms with Crippen molar-refractivity contribution in [2.24, 2.45) is 10.4 Å². The highest BCUT2D eigenvalue weighted by molar-refractivity contribution is 6.03. The van der Waals surface area contributed by atoms with Crippen LogP contribution in [0.4, 0.5) is 11.4 Å². The molecule has 7 rings (SSSR count). The number of ether oxygens (including phenoxy) is 1. The first-order valence-corrected chi connectivity index (χ1v) is 15.6. The topological polar surface area (TPSA) is 37.7 Å². The Morgan fingerprint density at radius 1 is 1.07 bits per heavy atom. The molecule has 2 atom stereocenters. The number of pyridine rings is 1. The second kappa shape index (κ2) is 12.0. The Hall–Kier alpha value is -5.22. The normalized spacial score (nSPS) is 20.6. The molecule has 0 N–H and O–H groups in total. The van der Waals surface area contributed by atoms with E-state index in [4.69, 9.17) is 9.72 Å². The van der Waals surface area contributed by atoms with Crippen LogP contribution in [0, 0.1) is 5.41 Å². The maximum Gasteiger partial charge on any atom is 0.123 e. The summed E-state index contributed by atoms with van der Waals surface area (Å²) in [5.74, 6) is 1.02. The van der Waals surface area contributed by atoms with Gasteiger partial charge in [0.2, 0.25) is 0 Å². The van der Waals surface area contributed by atoms with Gasteiger partial charge in [0.25, 0.3) is 0 Å². The molecule has 0 saturated carbocycles. The molecule has 4 nitrogen and oxygen atoms in total. The third-order valence-corrected chi connectivity index (χ3v) is 9.14. The molecule has 0 fully saturated rings. The van der Waals surface area contributed by atoms with E-state index in [1.807, 2.05) is 36.4 Å². The standard InChI is InChI=1S/C41H37N3O/c1-4-33(19-20-34-28-31-13-6-9-18-37(31)45-34)41(2)23-21-29(22-24-41)30-14-12-15-32(27-30)38-40(44-25-10-5-11-26-44)39(42-3)35-16-7-8-17-36(35)43-38/h4-19,21-23,25,27,34H,1,3,20,24,26,28H2,2H3/b33-19+. The minimum Gasteiger partial charge on any atom is -0.489 e. The molecule has 2 aliphatic heterocycles. The lowest BCUT2D eigenvalue weighted by Gasteiger charge is -2.30. The van der Waals surface area contributed by atoms with E-state index in [0.717, 1.165) is 70.7 Å². The lowest BCUT2D eigenvalue weighted by atomic mass is 9.74. The third-order valence-electron chi connectivity index (χ3n) is 9.14. The molecule has 3 aromatic carbocycles. The highest BCUT2D eigenvalue weighted by Crippen LogP contribution is 2.44. The molecule has 4 aromatic rings. The number of anilines is 1. The first-order chi connectivity index (χ1) is 22.1. The summed E-state index contributed by atoms with van der Waals surface area (Å²) in [5, 5.41) is 0.998. The number of aliphatic imine (C=N–C) groups is 1. The van der Waals surface area contributed by atoms with Gasteiger partial charge in [-0.2, -0.15) is 0 Å². The van der Waals surface area contributed by atoms with Crippen molar-refractivity contribution in [3.63, 3.8) is 0 Å². The van der Waals surface area contributed by atoms with Crippen molar-refractivity contribution in [1.82, 2.24) is 4.98 Å². The Bertz CT molecular complexity index is 1930. The van der Waals surface area contributed by atoms with Crippen LogP contribution >= 0.6 is 0 Å². The van der Waals surface area contributed by atoms with Crippen LogP contribution in [-0.2, 0) is 6.42 Å². The van der Waals surface area contributed by atoms with Gasteiger partial charge in [-0.3, -0.25) is 4.99 Å². The number of hydrogen-bond donors (Lipinski definition) is 0. The van der Waals surface area contributed by atoms with E-state index in [-0.39, 0.29) is 11.5 Å². The van der Waals surface area contributed by atoms with Gasteiger partial charge in [0.1, 0.15) is 11.9 Å². The number of fused-ring (bicyclic) bond motifs is 2. The molecule has 3 heterocycles. The Labute approximate surface area is 265 Å². The van der Waals surface area contributed by atoms with Gasteiger partial charge in [-0.15, -0.1) is 0 Å². The summed E-state index contributed by atoms with van der Waals surface area (Å²) in [6, 6.07) is 25.2. The number of rotatable bonds is 8. The van der Waals surface area contributed by atoms with Gasteiger partial charge in [0.15, 0.2) is 0 Å². The van der Waals surface area contributed by atoms with Crippen LogP contribution < -0.4 is 9.64 Å². The predicted molar refractivity (Wildman–Crippen MR) is 189 cm³/mol. The van der Waals surface area contributed by atoms with Crippen LogP contribution in [0.3, 0.4) is 0 Å². The molecule has 0 bridgehead atoms. The van der Waals surface area contributed by atoms with E-state index in [1.54, 1.807) is 0 Å². The van der Waals surface area contributed by atoms with Crippen LogP contribution in [0.15, 0.2) is 145 Å². The Morgan fingerprint density at radius 3 is 2.69 bits per heavy atom. The average molecular weight is 588 g/mol. The van der Waals surface area contributed by atoms with Crippen molar-refractivity contribution in [2.45, 2.75) is 32.3 Å². The number of allylic oxidation sites excluding steroid dienone is 8. The third kappa shape index (κ3) is 5.49. The fourth-order valence-electron chi connectivity index (χ4n) is 6.65. The monoisotopic (exact) mass is 587 g/mol. The molecule has 0 saturated heterocycles. The van der Waals surface area contributed by atoms with Gasteiger partial charge in [0, 0.05) is 42.0 Å². The molecule has 3 aliphatic rings. The molecular formula is C41H37N3O. The van der Waals surface area contributed by atoms with Gasteiger partial charge < -0.3 is 9.64 Å². The largest absolute Gasteiger partial charge is 0.489 e. The van der Waals surface area contributed by atoms with E-state index in [1.165, 1.54) is 16.7 Å². The van der Waals surface area contributed by atoms with Crippen LogP contribution in [0.1, 0.15) is 30.9 Å². The molecule has 1 aliphatic carbocycles. The van der Waals surface area contributed by atoms with Gasteiger partial charge in [-0.05, 0) is 59.7 Å². The van der Waals surface area contributed by atoms with Crippen molar-refractivity contribution in [1.29, 1.82) is 0 Å². The SMILES string of the molecule is C=C/C(=C\CC1Cc2ccccc2O1)C1(C)C=CC(c2cccc(-c3nc4ccccc4c(N=C)c3N3C=CC=CC3)c2)=CC1. The summed E-state index contributed by atoms with van der Waals surface area (Å²) in [6.07, 6.45) is 22.5. The van der Waals surface area contributed by atoms with E-state index < -0.39 is 0 Å². The van der Waals surface area contributed by atoms with Gasteiger partial charge >= 0.3 is 0 Å². The second-order valence-electron chi connectivity index (χ2n) is 12.1. The van der Waals surface area contributed by atoms with Gasteiger partial charge in [0.05, 0.1) is 22.6 Å². The predicted octanol–water partition coefficient (Wildman–Crippen LogP) is 9.98. The smallest absolute Gasteiger partial charge is 0.123 e. The molecular weight excluding hydrogens is 550 g/mol. The number of aromatic nitrogens is 1. The lowest BCUT2D eigenvalue weighted by Crippen LogP contribution is -2.19. The highest BCUT2D eigenvalue weighted by Gasteiger charge is 2.28. The summed E-state index contributed by atoms with van der Waals surface area (Å²) in [7, 11) is 0. The minimum absolute atomic E-state index is 0.125. The minimum atomic E-state index is -0.125. The quantitative estimate of drug-likeness (QED) is 0.152. The maximum absolute atomic E-state index is 6.20. The molecule has 0 spiro atoms. The first kappa shape index (κ1) is 28.5. The molecule has 45 heavy (non-hydrogen) atoms. The summed E-state index contributed by atoms with van der Waals surface area (Å²) >= 11 is 0. The van der Waals surface area contributed by atoms with Crippen molar-refractivity contribution < 1.29 is 4.74 Å². The van der Waals surface area contributed by atoms with E-state index in [9.17, 15) is 0 Å². The van der Waals surface area contributed by atoms with E-state index >= 15 is 0 Å². The summed E-state index contributed by atoms with van der Waals surface area (Å²) in [6.45, 7) is 11.2. The van der Waals surface area contributed by atoms with Crippen LogP contribution in [-0.4, -0.2) is 24.4 Å². The maximum atomic E-state index is 6.20. The zero-order valence-corrected chi connectivity index (χ0v) is 25.7. The van der Waals surface area contributed by atoms with E-state index in [2.05, 4.69) is 121 Å². The summed E-state index contributed by atoms with van der Waals surface area (Å²) in [5.41, 5.74) is 9.45. The lowest BCUT2D eigenvalue weighted by molar-refractivity contribution is 0.236. The van der Waals surface area contributed by atoms with Gasteiger partial charge in [-0.1, -0.05) is 111 Å². The molecule has 222 valence electrons. The highest BCUT2D eigenvalue weighted by atomic mass is 16.5. The fourth-order valence-corrected chi connectivity index (χ4v) is 6.65. The number of benzene rings is 3. The Balaban J connectivity index is 1.17. The van der Waals surface area contributed by atoms with Gasteiger partial charge in [-0.25, -0.2) is 4.98 Å². The zero-order valence-electron chi connectivity index (χ0n) is 25.7. The number of para-hydroxylation sites is 2. The summed E-state index contributed by atoms with van der Waals surface area (Å²) in [4.78, 5) is 11.9. The summed E-state index contributed by atoms with van der Waals surface area (Å²) < 4.78 is 6.20. The molecule has 1 aromatic heterocycles. The zero-order chi connectivity index (χ0) is 30.8. The number of nitrogens with zero attached hydrogens (tertiary/aromatic N) is 3. The van der Waals surface area contributed by atoms with Crippen molar-refractivity contribution in [3.8, 4) is 17.0 Å². The molecule has 0 radical (unpaired) electrons. The van der Waals surface area contributed by atoms with Crippen LogP contribution in [0.2, 0.25) is 0 Å². The Kier molecular flexibility index (Phi) is 7.64. The van der Waals surface area contributed by atoms with Crippen molar-refractivity contribution in [3.05, 3.63) is 151 Å².